The maximum Gasteiger partial charge on any atom is 0.242 e. The second-order valence-electron chi connectivity index (χ2n) is 7.89. The molecule has 1 N–H and O–H groups in total. The van der Waals surface area contributed by atoms with Crippen LogP contribution in [0, 0.1) is 0 Å². The van der Waals surface area contributed by atoms with Gasteiger partial charge < -0.3 is 10.2 Å². The van der Waals surface area contributed by atoms with Crippen molar-refractivity contribution in [3.05, 3.63) is 70.2 Å². The summed E-state index contributed by atoms with van der Waals surface area (Å²) in [6.07, 6.45) is 4.55. The molecule has 0 aromatic heterocycles. The Balaban J connectivity index is 2.14. The normalized spacial score (nSPS) is 11.7. The molecular weight excluding hydrogens is 408 g/mol. The summed E-state index contributed by atoms with van der Waals surface area (Å²) in [7, 11) is 0. The number of nitrogens with one attached hydrogen (secondary N) is 1. The molecule has 0 aliphatic carbocycles. The van der Waals surface area contributed by atoms with Gasteiger partial charge in [0.2, 0.25) is 11.8 Å². The molecule has 2 amide bonds. The lowest BCUT2D eigenvalue weighted by atomic mass is 10.0. The van der Waals surface area contributed by atoms with Gasteiger partial charge in [-0.3, -0.25) is 9.59 Å². The SMILES string of the molecule is CCCCNC(=O)C(CC)N(Cc1ccc(Cl)cc1)C(=O)CCc1ccc(CC)cc1. The van der Waals surface area contributed by atoms with Gasteiger partial charge in [-0.05, 0) is 54.5 Å². The summed E-state index contributed by atoms with van der Waals surface area (Å²) in [5.41, 5.74) is 3.39. The molecule has 0 aliphatic heterocycles. The number of rotatable bonds is 12. The summed E-state index contributed by atoms with van der Waals surface area (Å²) in [6.45, 7) is 7.20. The van der Waals surface area contributed by atoms with Crippen LogP contribution in [0.1, 0.15) is 63.1 Å². The van der Waals surface area contributed by atoms with Gasteiger partial charge in [0, 0.05) is 24.5 Å². The molecule has 1 unspecified atom stereocenters. The van der Waals surface area contributed by atoms with Crippen molar-refractivity contribution in [1.82, 2.24) is 10.2 Å². The molecule has 0 saturated heterocycles. The summed E-state index contributed by atoms with van der Waals surface area (Å²) in [5, 5.41) is 3.65. The minimum Gasteiger partial charge on any atom is -0.354 e. The Morgan fingerprint density at radius 3 is 2.13 bits per heavy atom. The van der Waals surface area contributed by atoms with E-state index in [1.54, 1.807) is 4.90 Å². The largest absolute Gasteiger partial charge is 0.354 e. The monoisotopic (exact) mass is 442 g/mol. The number of hydrogen-bond donors (Lipinski definition) is 1. The van der Waals surface area contributed by atoms with Crippen LogP contribution in [0.3, 0.4) is 0 Å². The van der Waals surface area contributed by atoms with E-state index < -0.39 is 6.04 Å². The predicted molar refractivity (Wildman–Crippen MR) is 128 cm³/mol. The predicted octanol–water partition coefficient (Wildman–Crippen LogP) is 5.56. The van der Waals surface area contributed by atoms with Gasteiger partial charge >= 0.3 is 0 Å². The second-order valence-corrected chi connectivity index (χ2v) is 8.32. The van der Waals surface area contributed by atoms with Crippen LogP contribution in [0.4, 0.5) is 0 Å². The molecule has 2 aromatic rings. The summed E-state index contributed by atoms with van der Waals surface area (Å²) < 4.78 is 0. The maximum absolute atomic E-state index is 13.3. The van der Waals surface area contributed by atoms with Crippen molar-refractivity contribution >= 4 is 23.4 Å². The molecule has 1 atom stereocenters. The maximum atomic E-state index is 13.3. The third kappa shape index (κ3) is 8.02. The average Bonchev–Trinajstić information content (AvgIpc) is 2.79. The summed E-state index contributed by atoms with van der Waals surface area (Å²) in [6, 6.07) is 15.4. The highest BCUT2D eigenvalue weighted by Crippen LogP contribution is 2.17. The number of carbonyl (C=O) groups excluding carboxylic acids is 2. The number of aryl methyl sites for hydroxylation is 2. The lowest BCUT2D eigenvalue weighted by Crippen LogP contribution is -2.49. The Morgan fingerprint density at radius 1 is 0.935 bits per heavy atom. The van der Waals surface area contributed by atoms with Crippen molar-refractivity contribution in [2.24, 2.45) is 0 Å². The van der Waals surface area contributed by atoms with Crippen molar-refractivity contribution in [3.63, 3.8) is 0 Å². The molecule has 31 heavy (non-hydrogen) atoms. The fourth-order valence-corrected chi connectivity index (χ4v) is 3.67. The average molecular weight is 443 g/mol. The minimum atomic E-state index is -0.484. The summed E-state index contributed by atoms with van der Waals surface area (Å²) in [5.74, 6) is -0.0856. The number of benzene rings is 2. The Hall–Kier alpha value is -2.33. The van der Waals surface area contributed by atoms with Gasteiger partial charge in [-0.25, -0.2) is 0 Å². The van der Waals surface area contributed by atoms with Crippen molar-refractivity contribution in [2.75, 3.05) is 6.54 Å². The Labute approximate surface area is 192 Å². The molecule has 5 heteroatoms. The number of carbonyl (C=O) groups is 2. The lowest BCUT2D eigenvalue weighted by Gasteiger charge is -2.31. The van der Waals surface area contributed by atoms with E-state index in [2.05, 4.69) is 43.4 Å². The van der Waals surface area contributed by atoms with Gasteiger partial charge in [0.1, 0.15) is 6.04 Å². The highest BCUT2D eigenvalue weighted by atomic mass is 35.5. The van der Waals surface area contributed by atoms with E-state index in [4.69, 9.17) is 11.6 Å². The van der Waals surface area contributed by atoms with E-state index in [1.807, 2.05) is 31.2 Å². The van der Waals surface area contributed by atoms with Crippen molar-refractivity contribution in [3.8, 4) is 0 Å². The first kappa shape index (κ1) is 24.9. The Kier molecular flexibility index (Phi) is 10.6. The quantitative estimate of drug-likeness (QED) is 0.437. The molecule has 4 nitrogen and oxygen atoms in total. The number of halogens is 1. The van der Waals surface area contributed by atoms with E-state index in [0.29, 0.717) is 37.4 Å². The molecule has 2 aromatic carbocycles. The first-order valence-electron chi connectivity index (χ1n) is 11.4. The zero-order chi connectivity index (χ0) is 22.6. The van der Waals surface area contributed by atoms with E-state index in [9.17, 15) is 9.59 Å². The van der Waals surface area contributed by atoms with E-state index in [0.717, 1.165) is 30.4 Å². The molecular formula is C26H35ClN2O2. The lowest BCUT2D eigenvalue weighted by molar-refractivity contribution is -0.141. The van der Waals surface area contributed by atoms with Crippen LogP contribution >= 0.6 is 11.6 Å². The van der Waals surface area contributed by atoms with Crippen LogP contribution in [0.25, 0.3) is 0 Å². The standard InChI is InChI=1S/C26H35ClN2O2/c1-4-7-18-28-26(31)24(6-3)29(19-22-12-15-23(27)16-13-22)25(30)17-14-21-10-8-20(5-2)9-11-21/h8-13,15-16,24H,4-7,14,17-19H2,1-3H3,(H,28,31). The van der Waals surface area contributed by atoms with Gasteiger partial charge in [0.25, 0.3) is 0 Å². The van der Waals surface area contributed by atoms with Crippen LogP contribution in [0.2, 0.25) is 5.02 Å². The Morgan fingerprint density at radius 2 is 1.55 bits per heavy atom. The van der Waals surface area contributed by atoms with Crippen molar-refractivity contribution in [2.45, 2.75) is 71.9 Å². The smallest absolute Gasteiger partial charge is 0.242 e. The fraction of sp³-hybridized carbons (Fsp3) is 0.462. The second kappa shape index (κ2) is 13.2. The highest BCUT2D eigenvalue weighted by Gasteiger charge is 2.28. The third-order valence-electron chi connectivity index (χ3n) is 5.54. The first-order chi connectivity index (χ1) is 15.0. The van der Waals surface area contributed by atoms with Crippen LogP contribution in [-0.4, -0.2) is 29.3 Å². The first-order valence-corrected chi connectivity index (χ1v) is 11.8. The zero-order valence-electron chi connectivity index (χ0n) is 19.0. The summed E-state index contributed by atoms with van der Waals surface area (Å²) in [4.78, 5) is 27.9. The molecule has 0 heterocycles. The van der Waals surface area contributed by atoms with Crippen molar-refractivity contribution < 1.29 is 9.59 Å². The number of unbranched alkanes of at least 4 members (excludes halogenated alkanes) is 1. The number of nitrogens with zero attached hydrogens (tertiary/aromatic N) is 1. The fourth-order valence-electron chi connectivity index (χ4n) is 3.55. The minimum absolute atomic E-state index is 0.00740. The highest BCUT2D eigenvalue weighted by molar-refractivity contribution is 6.30. The molecule has 168 valence electrons. The molecule has 0 saturated carbocycles. The van der Waals surface area contributed by atoms with E-state index in [-0.39, 0.29) is 11.8 Å². The molecule has 2 rings (SSSR count). The van der Waals surface area contributed by atoms with E-state index in [1.165, 1.54) is 5.56 Å². The molecule has 0 radical (unpaired) electrons. The van der Waals surface area contributed by atoms with Gasteiger partial charge in [0.05, 0.1) is 0 Å². The molecule has 0 fully saturated rings. The van der Waals surface area contributed by atoms with Gasteiger partial charge in [-0.2, -0.15) is 0 Å². The van der Waals surface area contributed by atoms with Gasteiger partial charge in [0.15, 0.2) is 0 Å². The summed E-state index contributed by atoms with van der Waals surface area (Å²) >= 11 is 6.02. The molecule has 0 bridgehead atoms. The topological polar surface area (TPSA) is 49.4 Å². The molecule has 0 spiro atoms. The van der Waals surface area contributed by atoms with Crippen molar-refractivity contribution in [1.29, 1.82) is 0 Å². The van der Waals surface area contributed by atoms with Gasteiger partial charge in [-0.1, -0.05) is 75.2 Å². The van der Waals surface area contributed by atoms with Crippen LogP contribution in [0.15, 0.2) is 48.5 Å². The number of amides is 2. The van der Waals surface area contributed by atoms with Crippen LogP contribution < -0.4 is 5.32 Å². The van der Waals surface area contributed by atoms with Crippen LogP contribution in [0.5, 0.6) is 0 Å². The van der Waals surface area contributed by atoms with E-state index >= 15 is 0 Å². The Bertz CT molecular complexity index is 818. The zero-order valence-corrected chi connectivity index (χ0v) is 19.8. The number of hydrogen-bond acceptors (Lipinski definition) is 2. The van der Waals surface area contributed by atoms with Crippen LogP contribution in [-0.2, 0) is 29.0 Å². The third-order valence-corrected chi connectivity index (χ3v) is 5.79. The van der Waals surface area contributed by atoms with Gasteiger partial charge in [-0.15, -0.1) is 0 Å². The molecule has 0 aliphatic rings.